The lowest BCUT2D eigenvalue weighted by Gasteiger charge is -2.48. The summed E-state index contributed by atoms with van der Waals surface area (Å²) in [6.07, 6.45) is 2.94. The molecule has 1 spiro atoms. The molecule has 1 unspecified atom stereocenters. The van der Waals surface area contributed by atoms with Crippen LogP contribution >= 0.6 is 23.2 Å². The zero-order chi connectivity index (χ0) is 32.3. The Hall–Kier alpha value is -4.32. The Bertz CT molecular complexity index is 1820. The third-order valence-corrected chi connectivity index (χ3v) is 9.91. The van der Waals surface area contributed by atoms with Gasteiger partial charge in [-0.25, -0.2) is 14.6 Å². The van der Waals surface area contributed by atoms with Crippen LogP contribution in [0.25, 0.3) is 22.4 Å². The maximum atomic E-state index is 13.1. The highest BCUT2D eigenvalue weighted by molar-refractivity contribution is 6.39. The number of carbonyl (C=O) groups is 3. The minimum absolute atomic E-state index is 0.126. The standard InChI is InChI=1S/C33H32Cl2N6O5/c1-39-13-19(14-40(2)32(39)44)29(42)37-23-9-5-7-21(28(23)35)20-6-4-8-22(27(20)34)24-12-18-10-11-25(26(18)30(38-24)45-3)41-16-33(17-41)15-36-31(43)46-33/h4-9,12-13,25H,10-11,14-17H2,1-3H3,(H,36,43)(H,37,42). The molecule has 2 saturated heterocycles. The van der Waals surface area contributed by atoms with Crippen LogP contribution in [-0.2, 0) is 16.0 Å². The number of fused-ring (bicyclic) bond motifs is 1. The first-order chi connectivity index (χ1) is 22.1. The quantitative estimate of drug-likeness (QED) is 0.366. The maximum Gasteiger partial charge on any atom is 0.407 e. The fraction of sp³-hybridized carbons (Fsp3) is 0.333. The molecule has 11 nitrogen and oxygen atoms in total. The number of methoxy groups -OCH3 is 1. The number of likely N-dealkylation sites (N-methyl/N-ethyl adjacent to an activating group) is 1. The topological polar surface area (TPSA) is 116 Å². The fourth-order valence-corrected chi connectivity index (χ4v) is 7.46. The number of halogens is 2. The predicted molar refractivity (Wildman–Crippen MR) is 174 cm³/mol. The van der Waals surface area contributed by atoms with Crippen LogP contribution in [0.5, 0.6) is 5.88 Å². The second-order valence-electron chi connectivity index (χ2n) is 12.2. The number of hydrogen-bond acceptors (Lipinski definition) is 7. The molecule has 4 heterocycles. The Kier molecular flexibility index (Phi) is 7.57. The van der Waals surface area contributed by atoms with Gasteiger partial charge in [-0.1, -0.05) is 53.5 Å². The van der Waals surface area contributed by atoms with Gasteiger partial charge in [0.05, 0.1) is 47.2 Å². The summed E-state index contributed by atoms with van der Waals surface area (Å²) in [4.78, 5) is 46.9. The molecular weight excluding hydrogens is 631 g/mol. The number of anilines is 1. The van der Waals surface area contributed by atoms with Crippen molar-refractivity contribution in [2.75, 3.05) is 52.7 Å². The van der Waals surface area contributed by atoms with E-state index in [1.54, 1.807) is 33.3 Å². The van der Waals surface area contributed by atoms with E-state index in [1.165, 1.54) is 16.0 Å². The smallest absolute Gasteiger partial charge is 0.407 e. The molecular formula is C33H32Cl2N6O5. The fourth-order valence-electron chi connectivity index (χ4n) is 6.86. The normalized spacial score (nSPS) is 20.2. The number of rotatable bonds is 6. The number of likely N-dealkylation sites (tertiary alicyclic amines) is 1. The van der Waals surface area contributed by atoms with Gasteiger partial charge in [0.1, 0.15) is 0 Å². The number of amides is 4. The molecule has 1 atom stereocenters. The van der Waals surface area contributed by atoms with Gasteiger partial charge in [-0.2, -0.15) is 0 Å². The predicted octanol–water partition coefficient (Wildman–Crippen LogP) is 5.33. The minimum atomic E-state index is -0.448. The minimum Gasteiger partial charge on any atom is -0.481 e. The Morgan fingerprint density at radius 2 is 1.80 bits per heavy atom. The van der Waals surface area contributed by atoms with Crippen molar-refractivity contribution in [2.24, 2.45) is 0 Å². The third kappa shape index (κ3) is 5.12. The van der Waals surface area contributed by atoms with E-state index in [1.807, 2.05) is 24.3 Å². The molecule has 3 aromatic rings. The van der Waals surface area contributed by atoms with Crippen LogP contribution in [0.1, 0.15) is 23.6 Å². The molecule has 2 N–H and O–H groups in total. The van der Waals surface area contributed by atoms with Crippen molar-refractivity contribution in [3.8, 4) is 28.3 Å². The highest BCUT2D eigenvalue weighted by atomic mass is 35.5. The molecule has 13 heteroatoms. The number of ether oxygens (including phenoxy) is 2. The molecule has 7 rings (SSSR count). The van der Waals surface area contributed by atoms with E-state index in [2.05, 4.69) is 21.6 Å². The van der Waals surface area contributed by atoms with Crippen molar-refractivity contribution in [1.29, 1.82) is 0 Å². The number of aromatic nitrogens is 1. The summed E-state index contributed by atoms with van der Waals surface area (Å²) in [7, 11) is 4.86. The molecule has 46 heavy (non-hydrogen) atoms. The SMILES string of the molecule is COc1nc(-c2cccc(-c3cccc(NC(=O)C4=CN(C)C(=O)N(C)C4)c3Cl)c2Cl)cc2c1C(N1CC3(CNC(=O)O3)C1)CC2. The number of hydrogen-bond donors (Lipinski definition) is 2. The van der Waals surface area contributed by atoms with Crippen molar-refractivity contribution < 1.29 is 23.9 Å². The molecule has 0 saturated carbocycles. The van der Waals surface area contributed by atoms with E-state index in [0.717, 1.165) is 29.5 Å². The zero-order valence-corrected chi connectivity index (χ0v) is 27.0. The van der Waals surface area contributed by atoms with Crippen LogP contribution in [0.15, 0.2) is 54.2 Å². The summed E-state index contributed by atoms with van der Waals surface area (Å²) in [6.45, 7) is 2.05. The summed E-state index contributed by atoms with van der Waals surface area (Å²) in [6, 6.07) is 13.1. The summed E-state index contributed by atoms with van der Waals surface area (Å²) in [5.74, 6) is 0.198. The van der Waals surface area contributed by atoms with E-state index in [9.17, 15) is 14.4 Å². The van der Waals surface area contributed by atoms with Crippen LogP contribution < -0.4 is 15.4 Å². The largest absolute Gasteiger partial charge is 0.481 e. The number of pyridine rings is 1. The molecule has 3 aliphatic heterocycles. The van der Waals surface area contributed by atoms with Crippen molar-refractivity contribution in [1.82, 2.24) is 25.0 Å². The van der Waals surface area contributed by atoms with E-state index in [0.29, 0.717) is 63.6 Å². The molecule has 1 aliphatic carbocycles. The van der Waals surface area contributed by atoms with E-state index >= 15 is 0 Å². The van der Waals surface area contributed by atoms with Gasteiger partial charge in [0.15, 0.2) is 5.60 Å². The monoisotopic (exact) mass is 662 g/mol. The molecule has 4 amide bonds. The Morgan fingerprint density at radius 1 is 1.09 bits per heavy atom. The van der Waals surface area contributed by atoms with Crippen LogP contribution in [0, 0.1) is 0 Å². The van der Waals surface area contributed by atoms with Gasteiger partial charge >= 0.3 is 12.1 Å². The highest BCUT2D eigenvalue weighted by Gasteiger charge is 2.53. The van der Waals surface area contributed by atoms with Crippen LogP contribution in [0.2, 0.25) is 10.0 Å². The lowest BCUT2D eigenvalue weighted by Crippen LogP contribution is -2.64. The second kappa shape index (κ2) is 11.5. The summed E-state index contributed by atoms with van der Waals surface area (Å²) in [5, 5.41) is 6.46. The van der Waals surface area contributed by atoms with E-state index in [4.69, 9.17) is 37.7 Å². The van der Waals surface area contributed by atoms with Gasteiger partial charge in [0.2, 0.25) is 5.88 Å². The molecule has 0 bridgehead atoms. The van der Waals surface area contributed by atoms with Gasteiger partial charge in [-0.15, -0.1) is 0 Å². The van der Waals surface area contributed by atoms with Crippen LogP contribution in [0.4, 0.5) is 15.3 Å². The molecule has 1 aromatic heterocycles. The van der Waals surface area contributed by atoms with Crippen LogP contribution in [0.3, 0.4) is 0 Å². The van der Waals surface area contributed by atoms with Crippen molar-refractivity contribution in [3.05, 3.63) is 75.4 Å². The Balaban J connectivity index is 1.16. The van der Waals surface area contributed by atoms with Gasteiger partial charge in [-0.3, -0.25) is 9.69 Å². The van der Waals surface area contributed by atoms with E-state index < -0.39 is 5.60 Å². The molecule has 0 radical (unpaired) electrons. The maximum absolute atomic E-state index is 13.1. The molecule has 2 fully saturated rings. The summed E-state index contributed by atoms with van der Waals surface area (Å²) in [5.41, 5.74) is 5.36. The number of carbonyl (C=O) groups excluding carboxylic acids is 3. The van der Waals surface area contributed by atoms with Crippen LogP contribution in [-0.4, -0.2) is 90.7 Å². The lowest BCUT2D eigenvalue weighted by molar-refractivity contribution is -0.113. The Morgan fingerprint density at radius 3 is 2.50 bits per heavy atom. The first-order valence-electron chi connectivity index (χ1n) is 14.9. The van der Waals surface area contributed by atoms with E-state index in [-0.39, 0.29) is 30.6 Å². The number of nitrogens with zero attached hydrogens (tertiary/aromatic N) is 4. The van der Waals surface area contributed by atoms with Gasteiger partial charge in [-0.05, 0) is 30.5 Å². The first kappa shape index (κ1) is 30.3. The number of benzene rings is 2. The summed E-state index contributed by atoms with van der Waals surface area (Å²) >= 11 is 14.0. The number of aryl methyl sites for hydroxylation is 1. The number of nitrogens with one attached hydrogen (secondary N) is 2. The highest BCUT2D eigenvalue weighted by Crippen LogP contribution is 2.47. The first-order valence-corrected chi connectivity index (χ1v) is 15.7. The number of urea groups is 1. The Labute approximate surface area is 276 Å². The lowest BCUT2D eigenvalue weighted by atomic mass is 9.91. The van der Waals surface area contributed by atoms with Crippen molar-refractivity contribution >= 4 is 46.9 Å². The van der Waals surface area contributed by atoms with Gasteiger partial charge < -0.3 is 29.9 Å². The van der Waals surface area contributed by atoms with Gasteiger partial charge in [0.25, 0.3) is 5.91 Å². The third-order valence-electron chi connectivity index (χ3n) is 9.10. The van der Waals surface area contributed by atoms with Gasteiger partial charge in [0, 0.05) is 61.7 Å². The molecule has 2 aromatic carbocycles. The number of alkyl carbamates (subject to hydrolysis) is 1. The van der Waals surface area contributed by atoms with Crippen molar-refractivity contribution in [2.45, 2.75) is 24.5 Å². The molecule has 238 valence electrons. The summed E-state index contributed by atoms with van der Waals surface area (Å²) < 4.78 is 11.4. The average Bonchev–Trinajstić information content (AvgIpc) is 3.63. The second-order valence-corrected chi connectivity index (χ2v) is 12.9. The van der Waals surface area contributed by atoms with Crippen molar-refractivity contribution in [3.63, 3.8) is 0 Å². The average molecular weight is 664 g/mol. The molecule has 4 aliphatic rings. The zero-order valence-electron chi connectivity index (χ0n) is 25.5.